The molecule has 1 rings (SSSR count). The first-order chi connectivity index (χ1) is 8.70. The second-order valence-electron chi connectivity index (χ2n) is 5.22. The minimum atomic E-state index is -3.02. The molecule has 0 aliphatic carbocycles. The Bertz CT molecular complexity index is 495. The second-order valence-corrected chi connectivity index (χ2v) is 11.0. The lowest BCUT2D eigenvalue weighted by Gasteiger charge is -2.35. The third kappa shape index (κ3) is 4.68. The highest BCUT2D eigenvalue weighted by Crippen LogP contribution is 2.42. The Hall–Kier alpha value is 0.860. The van der Waals surface area contributed by atoms with Crippen LogP contribution in [0.15, 0.2) is 0 Å². The molecule has 0 aromatic carbocycles. The fourth-order valence-corrected chi connectivity index (χ4v) is 7.73. The maximum absolute atomic E-state index is 11.7. The summed E-state index contributed by atoms with van der Waals surface area (Å²) in [5.74, 6) is 0.688. The molecule has 1 fully saturated rings. The lowest BCUT2D eigenvalue weighted by atomic mass is 9.76. The van der Waals surface area contributed by atoms with Gasteiger partial charge in [-0.1, -0.05) is 38.8 Å². The molecule has 0 bridgehead atoms. The number of sulfone groups is 2. The fraction of sp³-hybridized carbons (Fsp3) is 1.00. The highest BCUT2D eigenvalue weighted by atomic mass is 79.9. The summed E-state index contributed by atoms with van der Waals surface area (Å²) in [5.41, 5.74) is -0.300. The van der Waals surface area contributed by atoms with Crippen LogP contribution in [0.2, 0.25) is 0 Å². The molecule has 0 radical (unpaired) electrons. The predicted octanol–water partition coefficient (Wildman–Crippen LogP) is 2.02. The van der Waals surface area contributed by atoms with Gasteiger partial charge in [0, 0.05) is 16.4 Å². The average molecular weight is 440 g/mol. The van der Waals surface area contributed by atoms with Gasteiger partial charge in [-0.3, -0.25) is 0 Å². The first kappa shape index (κ1) is 17.9. The highest BCUT2D eigenvalue weighted by molar-refractivity contribution is 9.09. The smallest absolute Gasteiger partial charge is 0.150 e. The van der Waals surface area contributed by atoms with Crippen LogP contribution in [0.3, 0.4) is 0 Å². The van der Waals surface area contributed by atoms with Gasteiger partial charge >= 0.3 is 0 Å². The van der Waals surface area contributed by atoms with E-state index in [2.05, 4.69) is 31.9 Å². The molecule has 8 heteroatoms. The summed E-state index contributed by atoms with van der Waals surface area (Å²) in [6.45, 7) is 1.64. The van der Waals surface area contributed by atoms with Crippen molar-refractivity contribution in [2.24, 2.45) is 11.3 Å². The molecule has 1 aliphatic heterocycles. The lowest BCUT2D eigenvalue weighted by Crippen LogP contribution is -2.37. The van der Waals surface area contributed by atoms with E-state index in [0.717, 1.165) is 0 Å². The lowest BCUT2D eigenvalue weighted by molar-refractivity contribution is 0.246. The van der Waals surface area contributed by atoms with Crippen LogP contribution in [0.25, 0.3) is 0 Å². The zero-order valence-electron chi connectivity index (χ0n) is 10.9. The Kier molecular flexibility index (Phi) is 6.36. The summed E-state index contributed by atoms with van der Waals surface area (Å²) in [5, 5.41) is 1.23. The van der Waals surface area contributed by atoms with E-state index in [1.54, 1.807) is 6.92 Å². The summed E-state index contributed by atoms with van der Waals surface area (Å²) in [4.78, 5) is 0. The molecule has 0 spiro atoms. The van der Waals surface area contributed by atoms with Gasteiger partial charge in [0.1, 0.15) is 9.84 Å². The number of halogens is 2. The third-order valence-corrected chi connectivity index (χ3v) is 9.69. The van der Waals surface area contributed by atoms with E-state index >= 15 is 0 Å². The van der Waals surface area contributed by atoms with Gasteiger partial charge in [0.05, 0.1) is 17.3 Å². The Balaban J connectivity index is 2.86. The molecule has 1 saturated heterocycles. The number of alkyl halides is 2. The molecule has 114 valence electrons. The second kappa shape index (κ2) is 6.75. The van der Waals surface area contributed by atoms with Crippen LogP contribution < -0.4 is 0 Å². The van der Waals surface area contributed by atoms with E-state index in [1.165, 1.54) is 0 Å². The average Bonchev–Trinajstić information content (AvgIpc) is 2.72. The minimum Gasteiger partial charge on any atom is -0.229 e. The molecule has 0 aromatic heterocycles. The van der Waals surface area contributed by atoms with Gasteiger partial charge in [0.15, 0.2) is 9.84 Å². The number of hydrogen-bond acceptors (Lipinski definition) is 4. The standard InChI is InChI=1S/C11H20Br2O4S2/c1-2-18(14,15)6-4-11(8-12,9-13)10-3-5-19(16,17)7-10/h10H,2-9H2,1H3. The topological polar surface area (TPSA) is 68.3 Å². The molecule has 0 saturated carbocycles. The van der Waals surface area contributed by atoms with Gasteiger partial charge in [-0.2, -0.15) is 0 Å². The van der Waals surface area contributed by atoms with Crippen LogP contribution in [0.5, 0.6) is 0 Å². The van der Waals surface area contributed by atoms with Gasteiger partial charge < -0.3 is 0 Å². The quantitative estimate of drug-likeness (QED) is 0.569. The zero-order chi connectivity index (χ0) is 14.7. The van der Waals surface area contributed by atoms with Gasteiger partial charge in [0.2, 0.25) is 0 Å². The predicted molar refractivity (Wildman–Crippen MR) is 85.7 cm³/mol. The summed E-state index contributed by atoms with van der Waals surface area (Å²) in [6, 6.07) is 0. The van der Waals surface area contributed by atoms with Crippen molar-refractivity contribution in [1.29, 1.82) is 0 Å². The maximum atomic E-state index is 11.7. The van der Waals surface area contributed by atoms with Gasteiger partial charge in [0.25, 0.3) is 0 Å². The molecule has 19 heavy (non-hydrogen) atoms. The SMILES string of the molecule is CCS(=O)(=O)CCC(CBr)(CBr)C1CCS(=O)(=O)C1. The molecular weight excluding hydrogens is 420 g/mol. The monoisotopic (exact) mass is 438 g/mol. The van der Waals surface area contributed by atoms with Crippen LogP contribution in [0, 0.1) is 11.3 Å². The molecule has 0 amide bonds. The molecule has 0 aromatic rings. The number of hydrogen-bond donors (Lipinski definition) is 0. The molecule has 1 aliphatic rings. The van der Waals surface area contributed by atoms with E-state index in [1.807, 2.05) is 0 Å². The van der Waals surface area contributed by atoms with Crippen molar-refractivity contribution >= 4 is 51.5 Å². The molecule has 4 nitrogen and oxygen atoms in total. The Morgan fingerprint density at radius 3 is 2.21 bits per heavy atom. The summed E-state index contributed by atoms with van der Waals surface area (Å²) >= 11 is 6.90. The molecule has 1 unspecified atom stereocenters. The van der Waals surface area contributed by atoms with Gasteiger partial charge in [-0.05, 0) is 24.2 Å². The summed E-state index contributed by atoms with van der Waals surface area (Å²) < 4.78 is 46.6. The fourth-order valence-electron chi connectivity index (χ4n) is 2.37. The maximum Gasteiger partial charge on any atom is 0.150 e. The minimum absolute atomic E-state index is 0.0308. The summed E-state index contributed by atoms with van der Waals surface area (Å²) in [7, 11) is -5.97. The first-order valence-corrected chi connectivity index (χ1v) is 12.1. The van der Waals surface area contributed by atoms with Crippen molar-refractivity contribution in [3.63, 3.8) is 0 Å². The first-order valence-electron chi connectivity index (χ1n) is 6.23. The zero-order valence-corrected chi connectivity index (χ0v) is 15.7. The van der Waals surface area contributed by atoms with Crippen molar-refractivity contribution < 1.29 is 16.8 Å². The van der Waals surface area contributed by atoms with E-state index in [9.17, 15) is 16.8 Å². The molecule has 0 N–H and O–H groups in total. The van der Waals surface area contributed by atoms with Gasteiger partial charge in [-0.15, -0.1) is 0 Å². The molecule has 1 heterocycles. The molecule has 1 atom stereocenters. The van der Waals surface area contributed by atoms with Crippen LogP contribution >= 0.6 is 31.9 Å². The van der Waals surface area contributed by atoms with Crippen molar-refractivity contribution in [3.05, 3.63) is 0 Å². The van der Waals surface area contributed by atoms with E-state index in [-0.39, 0.29) is 34.3 Å². The van der Waals surface area contributed by atoms with Crippen molar-refractivity contribution in [2.75, 3.05) is 33.7 Å². The Morgan fingerprint density at radius 1 is 1.26 bits per heavy atom. The van der Waals surface area contributed by atoms with Crippen LogP contribution in [-0.2, 0) is 19.7 Å². The number of rotatable bonds is 7. The van der Waals surface area contributed by atoms with E-state index in [4.69, 9.17) is 0 Å². The van der Waals surface area contributed by atoms with Crippen LogP contribution in [0.1, 0.15) is 19.8 Å². The molecular formula is C11H20Br2O4S2. The van der Waals surface area contributed by atoms with Crippen molar-refractivity contribution in [3.8, 4) is 0 Å². The van der Waals surface area contributed by atoms with Crippen LogP contribution in [0.4, 0.5) is 0 Å². The van der Waals surface area contributed by atoms with E-state index < -0.39 is 19.7 Å². The van der Waals surface area contributed by atoms with Crippen molar-refractivity contribution in [2.45, 2.75) is 19.8 Å². The Labute approximate surface area is 132 Å². The van der Waals surface area contributed by atoms with Crippen molar-refractivity contribution in [1.82, 2.24) is 0 Å². The summed E-state index contributed by atoms with van der Waals surface area (Å²) in [6.07, 6.45) is 1.13. The normalized spacial score (nSPS) is 23.6. The largest absolute Gasteiger partial charge is 0.229 e. The third-order valence-electron chi connectivity index (χ3n) is 3.98. The van der Waals surface area contributed by atoms with Gasteiger partial charge in [-0.25, -0.2) is 16.8 Å². The highest BCUT2D eigenvalue weighted by Gasteiger charge is 2.43. The van der Waals surface area contributed by atoms with E-state index in [0.29, 0.717) is 23.5 Å². The van der Waals surface area contributed by atoms with Crippen LogP contribution in [-0.4, -0.2) is 50.5 Å². The Morgan fingerprint density at radius 2 is 1.84 bits per heavy atom.